The van der Waals surface area contributed by atoms with Crippen molar-refractivity contribution in [3.8, 4) is 23.2 Å². The summed E-state index contributed by atoms with van der Waals surface area (Å²) in [6.45, 7) is 5.30. The van der Waals surface area contributed by atoms with Gasteiger partial charge in [0.25, 0.3) is 5.91 Å². The summed E-state index contributed by atoms with van der Waals surface area (Å²) < 4.78 is 36.0. The average Bonchev–Trinajstić information content (AvgIpc) is 3.47. The number of ether oxygens (including phenoxy) is 1. The van der Waals surface area contributed by atoms with Crippen LogP contribution in [0.2, 0.25) is 0 Å². The van der Waals surface area contributed by atoms with Crippen LogP contribution in [0.1, 0.15) is 42.7 Å². The van der Waals surface area contributed by atoms with Gasteiger partial charge in [-0.2, -0.15) is 15.2 Å². The maximum Gasteiger partial charge on any atom is 0.319 e. The Morgan fingerprint density at radius 2 is 2.05 bits per heavy atom. The molecule has 2 aliphatic carbocycles. The lowest BCUT2D eigenvalue weighted by Crippen LogP contribution is -2.55. The van der Waals surface area contributed by atoms with Crippen molar-refractivity contribution in [1.82, 2.24) is 19.8 Å². The second-order valence-electron chi connectivity index (χ2n) is 12.3. The van der Waals surface area contributed by atoms with E-state index in [-0.39, 0.29) is 37.4 Å². The maximum atomic E-state index is 16.1. The molecule has 1 aromatic heterocycles. The molecule has 0 N–H and O–H groups in total. The van der Waals surface area contributed by atoms with Crippen LogP contribution in [0.4, 0.5) is 14.6 Å². The van der Waals surface area contributed by atoms with Gasteiger partial charge in [-0.3, -0.25) is 4.79 Å². The molecule has 4 aliphatic rings. The topological polar surface area (TPSA) is 85.6 Å². The first-order chi connectivity index (χ1) is 20.8. The fourth-order valence-electron chi connectivity index (χ4n) is 7.31. The highest BCUT2D eigenvalue weighted by Crippen LogP contribution is 2.58. The third-order valence-corrected chi connectivity index (χ3v) is 9.68. The molecule has 3 aromatic rings. The Kier molecular flexibility index (Phi) is 7.01. The largest absolute Gasteiger partial charge is 0.462 e. The fourth-order valence-corrected chi connectivity index (χ4v) is 7.31. The molecule has 3 heterocycles. The first-order valence-electron chi connectivity index (χ1n) is 15.1. The van der Waals surface area contributed by atoms with Crippen LogP contribution in [0.15, 0.2) is 42.7 Å². The number of fused-ring (bicyclic) bond motifs is 4. The SMILES string of the molecule is C=C(F)C(=O)N1CCN(c2nc(OC[C@@H]3CCCN3C)nc3cc(-c4cccc5c4[C@H]4C[C@H]4C5)c(F)cc23)C[C@@H]1CC#N. The molecule has 10 heteroatoms. The van der Waals surface area contributed by atoms with Crippen LogP contribution in [0.5, 0.6) is 6.01 Å². The van der Waals surface area contributed by atoms with Gasteiger partial charge in [-0.05, 0) is 79.9 Å². The number of likely N-dealkylation sites (N-methyl/N-ethyl adjacent to an activating group) is 1. The van der Waals surface area contributed by atoms with Crippen molar-refractivity contribution >= 4 is 22.6 Å². The lowest BCUT2D eigenvalue weighted by Gasteiger charge is -2.41. The highest BCUT2D eigenvalue weighted by molar-refractivity contribution is 5.94. The van der Waals surface area contributed by atoms with E-state index >= 15 is 4.39 Å². The van der Waals surface area contributed by atoms with Gasteiger partial charge in [0.2, 0.25) is 0 Å². The number of likely N-dealkylation sites (tertiary alicyclic amines) is 1. The number of halogens is 2. The van der Waals surface area contributed by atoms with Crippen LogP contribution in [0.25, 0.3) is 22.0 Å². The van der Waals surface area contributed by atoms with Crippen LogP contribution in [0.3, 0.4) is 0 Å². The van der Waals surface area contributed by atoms with Gasteiger partial charge in [0.15, 0.2) is 5.83 Å². The standard InChI is InChI=1S/C33H34F2N6O2/c1-19(34)32(42)41-12-11-40(17-22(41)8-9-36)31-27-15-28(35)26(24-7-3-5-20-13-21-14-25(21)30(20)24)16-29(27)37-33(38-31)43-18-23-6-4-10-39(23)2/h3,5,7,15-16,21-23,25H,1,4,6,8,10-14,17-18H2,2H3/t21-,22+,23+,25+/m1/s1. The molecule has 7 rings (SSSR count). The number of amides is 1. The lowest BCUT2D eigenvalue weighted by atomic mass is 9.93. The number of benzene rings is 2. The predicted molar refractivity (Wildman–Crippen MR) is 159 cm³/mol. The lowest BCUT2D eigenvalue weighted by molar-refractivity contribution is -0.131. The minimum absolute atomic E-state index is 0.00962. The van der Waals surface area contributed by atoms with E-state index in [1.807, 2.05) is 17.0 Å². The molecule has 1 amide bonds. The van der Waals surface area contributed by atoms with Crippen molar-refractivity contribution in [3.63, 3.8) is 0 Å². The summed E-state index contributed by atoms with van der Waals surface area (Å²) >= 11 is 0. The average molecular weight is 585 g/mol. The Balaban J connectivity index is 1.29. The number of hydrogen-bond donors (Lipinski definition) is 0. The maximum absolute atomic E-state index is 16.1. The quantitative estimate of drug-likeness (QED) is 0.362. The number of carbonyl (C=O) groups is 1. The van der Waals surface area contributed by atoms with E-state index in [1.54, 1.807) is 6.07 Å². The monoisotopic (exact) mass is 584 g/mol. The van der Waals surface area contributed by atoms with Gasteiger partial charge < -0.3 is 19.4 Å². The summed E-state index contributed by atoms with van der Waals surface area (Å²) in [5, 5.41) is 9.99. The van der Waals surface area contributed by atoms with E-state index in [9.17, 15) is 14.4 Å². The molecule has 2 aromatic carbocycles. The molecular weight excluding hydrogens is 550 g/mol. The molecular formula is C33H34F2N6O2. The molecule has 0 radical (unpaired) electrons. The van der Waals surface area contributed by atoms with Crippen molar-refractivity contribution in [2.24, 2.45) is 5.92 Å². The summed E-state index contributed by atoms with van der Waals surface area (Å²) in [7, 11) is 2.08. The predicted octanol–water partition coefficient (Wildman–Crippen LogP) is 4.98. The van der Waals surface area contributed by atoms with E-state index in [0.717, 1.165) is 37.8 Å². The third-order valence-electron chi connectivity index (χ3n) is 9.68. The van der Waals surface area contributed by atoms with Crippen LogP contribution in [-0.2, 0) is 11.2 Å². The highest BCUT2D eigenvalue weighted by Gasteiger charge is 2.46. The van der Waals surface area contributed by atoms with Crippen molar-refractivity contribution in [2.75, 3.05) is 44.7 Å². The van der Waals surface area contributed by atoms with E-state index in [0.29, 0.717) is 47.3 Å². The number of carbonyl (C=O) groups excluding carboxylic acids is 1. The fraction of sp³-hybridized carbons (Fsp3) is 0.455. The van der Waals surface area contributed by atoms with Crippen molar-refractivity contribution in [3.05, 3.63) is 59.7 Å². The van der Waals surface area contributed by atoms with Gasteiger partial charge in [0.05, 0.1) is 24.0 Å². The summed E-state index contributed by atoms with van der Waals surface area (Å²) in [6, 6.07) is 11.4. The highest BCUT2D eigenvalue weighted by atomic mass is 19.1. The minimum Gasteiger partial charge on any atom is -0.462 e. The van der Waals surface area contributed by atoms with Crippen LogP contribution in [0, 0.1) is 23.1 Å². The van der Waals surface area contributed by atoms with E-state index in [2.05, 4.69) is 30.7 Å². The molecule has 3 fully saturated rings. The Labute approximate surface area is 249 Å². The summed E-state index contributed by atoms with van der Waals surface area (Å²) in [6.07, 6.45) is 4.36. The minimum atomic E-state index is -1.06. The smallest absolute Gasteiger partial charge is 0.319 e. The van der Waals surface area contributed by atoms with Crippen LogP contribution >= 0.6 is 0 Å². The normalized spacial score (nSPS) is 24.5. The van der Waals surface area contributed by atoms with E-state index in [1.165, 1.54) is 22.1 Å². The first kappa shape index (κ1) is 27.7. The molecule has 0 bridgehead atoms. The van der Waals surface area contributed by atoms with Gasteiger partial charge in [-0.1, -0.05) is 24.8 Å². The number of aromatic nitrogens is 2. The first-order valence-corrected chi connectivity index (χ1v) is 15.1. The molecule has 4 atom stereocenters. The van der Waals surface area contributed by atoms with Crippen molar-refractivity contribution < 1.29 is 18.3 Å². The Morgan fingerprint density at radius 1 is 1.19 bits per heavy atom. The van der Waals surface area contributed by atoms with Gasteiger partial charge in [-0.15, -0.1) is 0 Å². The van der Waals surface area contributed by atoms with Gasteiger partial charge in [-0.25, -0.2) is 8.78 Å². The molecule has 0 spiro atoms. The number of anilines is 1. The second kappa shape index (κ2) is 10.9. The molecule has 0 unspecified atom stereocenters. The zero-order valence-electron chi connectivity index (χ0n) is 24.2. The number of nitriles is 1. The zero-order chi connectivity index (χ0) is 29.8. The van der Waals surface area contributed by atoms with Gasteiger partial charge in [0, 0.05) is 36.6 Å². The molecule has 2 saturated heterocycles. The molecule has 8 nitrogen and oxygen atoms in total. The molecule has 222 valence electrons. The van der Waals surface area contributed by atoms with Gasteiger partial charge >= 0.3 is 6.01 Å². The Hall–Kier alpha value is -4.10. The van der Waals surface area contributed by atoms with Gasteiger partial charge in [0.1, 0.15) is 18.2 Å². The molecule has 43 heavy (non-hydrogen) atoms. The van der Waals surface area contributed by atoms with Crippen molar-refractivity contribution in [1.29, 1.82) is 5.26 Å². The Bertz CT molecular complexity index is 1670. The van der Waals surface area contributed by atoms with E-state index < -0.39 is 17.8 Å². The number of nitrogens with zero attached hydrogens (tertiary/aromatic N) is 6. The van der Waals surface area contributed by atoms with Crippen molar-refractivity contribution in [2.45, 2.75) is 50.1 Å². The summed E-state index contributed by atoms with van der Waals surface area (Å²) in [5.41, 5.74) is 4.56. The van der Waals surface area contributed by atoms with Crippen LogP contribution in [-0.4, -0.2) is 77.6 Å². The summed E-state index contributed by atoms with van der Waals surface area (Å²) in [5.74, 6) is -0.589. The number of hydrogen-bond acceptors (Lipinski definition) is 7. The number of piperazine rings is 1. The second-order valence-corrected chi connectivity index (χ2v) is 12.3. The summed E-state index contributed by atoms with van der Waals surface area (Å²) in [4.78, 5) is 27.5. The zero-order valence-corrected chi connectivity index (χ0v) is 24.2. The third kappa shape index (κ3) is 4.99. The number of rotatable bonds is 7. The van der Waals surface area contributed by atoms with E-state index in [4.69, 9.17) is 14.7 Å². The molecule has 1 saturated carbocycles. The van der Waals surface area contributed by atoms with Crippen LogP contribution < -0.4 is 9.64 Å². The molecule has 2 aliphatic heterocycles. The Morgan fingerprint density at radius 3 is 2.81 bits per heavy atom.